The van der Waals surface area contributed by atoms with Crippen LogP contribution in [0.4, 0.5) is 0 Å². The molecule has 0 aromatic rings. The van der Waals surface area contributed by atoms with E-state index in [0.29, 0.717) is 13.0 Å². The third-order valence-electron chi connectivity index (χ3n) is 10.5. The Hall–Kier alpha value is -2.31. The first-order valence-corrected chi connectivity index (χ1v) is 22.9. The van der Waals surface area contributed by atoms with Crippen LogP contribution in [0.15, 0.2) is 60.8 Å². The molecule has 2 heterocycles. The highest BCUT2D eigenvalue weighted by Crippen LogP contribution is 2.26. The minimum atomic E-state index is -1.72. The smallest absolute Gasteiger partial charge is 0.306 e. The largest absolute Gasteiger partial charge is 0.457 e. The van der Waals surface area contributed by atoms with Gasteiger partial charge in [-0.05, 0) is 70.6 Å². The SMILES string of the molecule is CC/C=C\C/C=C\C/C=C\C/C=C\CCCOCC(COC1OC(COC2OC(CO)C(O)C(O)C2O)C(O)C(O)C1O)OC(=O)CCCCCCC/C=C\CCCCCC. The van der Waals surface area contributed by atoms with Gasteiger partial charge < -0.3 is 64.2 Å². The van der Waals surface area contributed by atoms with Gasteiger partial charge in [0.25, 0.3) is 0 Å². The zero-order valence-electron chi connectivity index (χ0n) is 36.9. The van der Waals surface area contributed by atoms with Crippen molar-refractivity contribution in [1.29, 1.82) is 0 Å². The van der Waals surface area contributed by atoms with Gasteiger partial charge in [0, 0.05) is 13.0 Å². The molecule has 2 saturated heterocycles. The fourth-order valence-corrected chi connectivity index (χ4v) is 6.75. The molecule has 0 aliphatic carbocycles. The minimum absolute atomic E-state index is 0.0176. The number of carbonyl (C=O) groups excluding carboxylic acids is 1. The van der Waals surface area contributed by atoms with Crippen LogP contribution in [0.5, 0.6) is 0 Å². The van der Waals surface area contributed by atoms with Gasteiger partial charge in [-0.2, -0.15) is 0 Å². The molecule has 11 atom stereocenters. The summed E-state index contributed by atoms with van der Waals surface area (Å²) in [5.41, 5.74) is 0. The first-order valence-electron chi connectivity index (χ1n) is 22.9. The van der Waals surface area contributed by atoms with Gasteiger partial charge in [0.05, 0.1) is 26.4 Å². The number of allylic oxidation sites excluding steroid dienone is 10. The first-order chi connectivity index (χ1) is 29.6. The summed E-state index contributed by atoms with van der Waals surface area (Å²) < 4.78 is 34.0. The molecule has 0 bridgehead atoms. The summed E-state index contributed by atoms with van der Waals surface area (Å²) >= 11 is 0. The fourth-order valence-electron chi connectivity index (χ4n) is 6.75. The second-order valence-corrected chi connectivity index (χ2v) is 15.8. The van der Waals surface area contributed by atoms with Crippen LogP contribution in [-0.4, -0.2) is 142 Å². The van der Waals surface area contributed by atoms with E-state index in [-0.39, 0.29) is 19.6 Å². The monoisotopic (exact) mass is 869 g/mol. The van der Waals surface area contributed by atoms with Crippen LogP contribution in [0.2, 0.25) is 0 Å². The van der Waals surface area contributed by atoms with Crippen molar-refractivity contribution in [2.45, 2.75) is 197 Å². The normalized spacial score (nSPS) is 28.0. The Morgan fingerprint density at radius 3 is 1.69 bits per heavy atom. The Balaban J connectivity index is 1.85. The molecule has 2 aliphatic rings. The maximum atomic E-state index is 12.9. The number of aliphatic hydroxyl groups excluding tert-OH is 7. The third kappa shape index (κ3) is 23.8. The molecule has 14 heteroatoms. The van der Waals surface area contributed by atoms with Gasteiger partial charge in [0.15, 0.2) is 12.6 Å². The van der Waals surface area contributed by atoms with Crippen LogP contribution in [-0.2, 0) is 33.2 Å². The summed E-state index contributed by atoms with van der Waals surface area (Å²) in [5.74, 6) is -0.408. The standard InChI is InChI=1S/C47H80O14/c1-3-5-7-9-11-13-15-17-19-21-23-25-27-29-31-56-33-36(59-39(49)30-28-26-24-22-20-18-16-14-12-10-8-6-4-2)34-57-46-45(55)43(53)41(51)38(61-46)35-58-47-44(54)42(52)40(50)37(32-48)60-47/h5,7,11,13-14,16-17,19,23,25,36-38,40-48,50-55H,3-4,6,8-10,12,15,18,20-22,24,26-35H2,1-2H3/b7-5-,13-11-,16-14-,19-17-,25-23-. The van der Waals surface area contributed by atoms with Crippen LogP contribution in [0.3, 0.4) is 0 Å². The van der Waals surface area contributed by atoms with Crippen molar-refractivity contribution in [1.82, 2.24) is 0 Å². The Morgan fingerprint density at radius 1 is 0.557 bits per heavy atom. The van der Waals surface area contributed by atoms with Gasteiger partial charge in [0.2, 0.25) is 0 Å². The van der Waals surface area contributed by atoms with E-state index >= 15 is 0 Å². The topological polar surface area (TPSA) is 214 Å². The van der Waals surface area contributed by atoms with Gasteiger partial charge in [-0.3, -0.25) is 4.79 Å². The number of carbonyl (C=O) groups is 1. The highest BCUT2D eigenvalue weighted by molar-refractivity contribution is 5.69. The van der Waals surface area contributed by atoms with Crippen molar-refractivity contribution >= 4 is 5.97 Å². The summed E-state index contributed by atoms with van der Waals surface area (Å²) in [4.78, 5) is 12.9. The van der Waals surface area contributed by atoms with Gasteiger partial charge in [0.1, 0.15) is 54.9 Å². The molecule has 0 aromatic carbocycles. The summed E-state index contributed by atoms with van der Waals surface area (Å²) in [6.07, 6.45) is 23.0. The molecule has 7 N–H and O–H groups in total. The lowest BCUT2D eigenvalue weighted by Crippen LogP contribution is -2.61. The molecule has 0 aromatic heterocycles. The fraction of sp³-hybridized carbons (Fsp3) is 0.766. The van der Waals surface area contributed by atoms with E-state index in [1.165, 1.54) is 25.7 Å². The van der Waals surface area contributed by atoms with Crippen LogP contribution >= 0.6 is 0 Å². The highest BCUT2D eigenvalue weighted by Gasteiger charge is 2.47. The van der Waals surface area contributed by atoms with Crippen molar-refractivity contribution in [3.63, 3.8) is 0 Å². The molecule has 2 fully saturated rings. The molecule has 61 heavy (non-hydrogen) atoms. The van der Waals surface area contributed by atoms with Crippen LogP contribution in [0.1, 0.15) is 129 Å². The van der Waals surface area contributed by atoms with Crippen molar-refractivity contribution < 1.29 is 69.0 Å². The van der Waals surface area contributed by atoms with E-state index in [4.69, 9.17) is 28.4 Å². The second-order valence-electron chi connectivity index (χ2n) is 15.8. The summed E-state index contributed by atoms with van der Waals surface area (Å²) in [5, 5.41) is 71.9. The Kier molecular flexibility index (Phi) is 31.5. The number of aliphatic hydroxyl groups is 7. The molecule has 2 rings (SSSR count). The maximum Gasteiger partial charge on any atom is 0.306 e. The molecule has 0 saturated carbocycles. The van der Waals surface area contributed by atoms with Gasteiger partial charge in [-0.15, -0.1) is 0 Å². The number of hydrogen-bond donors (Lipinski definition) is 7. The lowest BCUT2D eigenvalue weighted by molar-refractivity contribution is -0.332. The highest BCUT2D eigenvalue weighted by atomic mass is 16.7. The predicted octanol–water partition coefficient (Wildman–Crippen LogP) is 5.40. The van der Waals surface area contributed by atoms with E-state index in [1.807, 2.05) is 0 Å². The number of rotatable bonds is 34. The van der Waals surface area contributed by atoms with Crippen LogP contribution < -0.4 is 0 Å². The summed E-state index contributed by atoms with van der Waals surface area (Å²) in [7, 11) is 0. The molecule has 2 aliphatic heterocycles. The Morgan fingerprint density at radius 2 is 1.07 bits per heavy atom. The van der Waals surface area contributed by atoms with Crippen molar-refractivity contribution in [2.24, 2.45) is 0 Å². The summed E-state index contributed by atoms with van der Waals surface area (Å²) in [6.45, 7) is 3.36. The van der Waals surface area contributed by atoms with Gasteiger partial charge >= 0.3 is 5.97 Å². The molecule has 0 amide bonds. The van der Waals surface area contributed by atoms with E-state index < -0.39 is 86.7 Å². The number of esters is 1. The van der Waals surface area contributed by atoms with E-state index in [1.54, 1.807) is 0 Å². The quantitative estimate of drug-likeness (QED) is 0.0245. The molecular weight excluding hydrogens is 789 g/mol. The molecular formula is C47H80O14. The number of hydrogen-bond acceptors (Lipinski definition) is 14. The molecule has 14 nitrogen and oxygen atoms in total. The Bertz CT molecular complexity index is 1240. The van der Waals surface area contributed by atoms with Crippen molar-refractivity contribution in [2.75, 3.05) is 33.0 Å². The van der Waals surface area contributed by atoms with Crippen LogP contribution in [0.25, 0.3) is 0 Å². The second kappa shape index (κ2) is 35.1. The summed E-state index contributed by atoms with van der Waals surface area (Å²) in [6, 6.07) is 0. The molecule has 352 valence electrons. The lowest BCUT2D eigenvalue weighted by atomic mass is 9.98. The van der Waals surface area contributed by atoms with E-state index in [2.05, 4.69) is 74.6 Å². The molecule has 11 unspecified atom stereocenters. The molecule has 0 radical (unpaired) electrons. The van der Waals surface area contributed by atoms with Gasteiger partial charge in [-0.1, -0.05) is 113 Å². The van der Waals surface area contributed by atoms with Crippen LogP contribution in [0, 0.1) is 0 Å². The van der Waals surface area contributed by atoms with Gasteiger partial charge in [-0.25, -0.2) is 0 Å². The van der Waals surface area contributed by atoms with Crippen molar-refractivity contribution in [3.05, 3.63) is 60.8 Å². The zero-order valence-corrected chi connectivity index (χ0v) is 36.9. The first kappa shape index (κ1) is 54.8. The van der Waals surface area contributed by atoms with Crippen molar-refractivity contribution in [3.8, 4) is 0 Å². The van der Waals surface area contributed by atoms with E-state index in [0.717, 1.165) is 77.0 Å². The number of unbranched alkanes of at least 4 members (excludes halogenated alkanes) is 10. The van der Waals surface area contributed by atoms with E-state index in [9.17, 15) is 40.5 Å². The predicted molar refractivity (Wildman–Crippen MR) is 233 cm³/mol. The maximum absolute atomic E-state index is 12.9. The third-order valence-corrected chi connectivity index (χ3v) is 10.5. The minimum Gasteiger partial charge on any atom is -0.457 e. The zero-order chi connectivity index (χ0) is 44.5. The average Bonchev–Trinajstić information content (AvgIpc) is 3.25. The average molecular weight is 869 g/mol. The molecule has 0 spiro atoms. The number of ether oxygens (including phenoxy) is 6. The Labute approximate surface area is 364 Å². The lowest BCUT2D eigenvalue weighted by Gasteiger charge is -2.42.